The number of benzene rings is 2. The van der Waals surface area contributed by atoms with Crippen LogP contribution in [0, 0.1) is 5.82 Å². The number of anilines is 1. The Labute approximate surface area is 221 Å². The molecule has 0 bridgehead atoms. The summed E-state index contributed by atoms with van der Waals surface area (Å²) in [5.74, 6) is -1.12. The molecule has 0 spiro atoms. The van der Waals surface area contributed by atoms with Crippen molar-refractivity contribution in [1.82, 2.24) is 10.2 Å². The van der Waals surface area contributed by atoms with Gasteiger partial charge in [0.25, 0.3) is 0 Å². The van der Waals surface area contributed by atoms with Crippen LogP contribution in [-0.2, 0) is 26.2 Å². The van der Waals surface area contributed by atoms with Crippen LogP contribution < -0.4 is 9.62 Å². The first kappa shape index (κ1) is 28.1. The SMILES string of the molecule is CC(C(=O)NC1CCCC1)N(Cc1ccc(Br)cc1)C(=O)CCCN(c1ccccc1F)S(C)(=O)=O. The average molecular weight is 583 g/mol. The van der Waals surface area contributed by atoms with Gasteiger partial charge in [-0.05, 0) is 56.0 Å². The van der Waals surface area contributed by atoms with Crippen molar-refractivity contribution in [3.8, 4) is 0 Å². The molecule has 36 heavy (non-hydrogen) atoms. The molecule has 1 aliphatic carbocycles. The first-order chi connectivity index (χ1) is 17.1. The van der Waals surface area contributed by atoms with Gasteiger partial charge in [0.1, 0.15) is 11.9 Å². The minimum absolute atomic E-state index is 0.0120. The lowest BCUT2D eigenvalue weighted by molar-refractivity contribution is -0.141. The summed E-state index contributed by atoms with van der Waals surface area (Å²) in [7, 11) is -3.75. The van der Waals surface area contributed by atoms with E-state index in [1.54, 1.807) is 13.0 Å². The van der Waals surface area contributed by atoms with E-state index in [0.717, 1.165) is 46.3 Å². The second kappa shape index (κ2) is 12.7. The van der Waals surface area contributed by atoms with E-state index < -0.39 is 21.9 Å². The van der Waals surface area contributed by atoms with Crippen molar-refractivity contribution >= 4 is 43.5 Å². The highest BCUT2D eigenvalue weighted by Crippen LogP contribution is 2.23. The summed E-state index contributed by atoms with van der Waals surface area (Å²) >= 11 is 3.40. The summed E-state index contributed by atoms with van der Waals surface area (Å²) in [6, 6.07) is 12.6. The number of para-hydroxylation sites is 1. The molecule has 2 amide bonds. The van der Waals surface area contributed by atoms with E-state index in [1.807, 2.05) is 24.3 Å². The van der Waals surface area contributed by atoms with Crippen molar-refractivity contribution in [2.75, 3.05) is 17.1 Å². The van der Waals surface area contributed by atoms with Gasteiger partial charge in [0.2, 0.25) is 21.8 Å². The van der Waals surface area contributed by atoms with Crippen LogP contribution in [0.4, 0.5) is 10.1 Å². The van der Waals surface area contributed by atoms with Crippen LogP contribution in [0.25, 0.3) is 0 Å². The van der Waals surface area contributed by atoms with Crippen molar-refractivity contribution < 1.29 is 22.4 Å². The smallest absolute Gasteiger partial charge is 0.242 e. The standard InChI is InChI=1S/C26H33BrFN3O4S/c1-19(26(33)29-22-8-3-4-9-22)30(18-20-13-15-21(27)16-14-20)25(32)12-7-17-31(36(2,34)35)24-11-6-5-10-23(24)28/h5-6,10-11,13-16,19,22H,3-4,7-9,12,17-18H2,1-2H3,(H,29,33). The monoisotopic (exact) mass is 581 g/mol. The number of hydrogen-bond donors (Lipinski definition) is 1. The fraction of sp³-hybridized carbons (Fsp3) is 0.462. The average Bonchev–Trinajstić information content (AvgIpc) is 3.34. The molecule has 1 atom stereocenters. The number of halogens is 2. The third-order valence-electron chi connectivity index (χ3n) is 6.41. The lowest BCUT2D eigenvalue weighted by Gasteiger charge is -2.30. The third kappa shape index (κ3) is 7.77. The Hall–Kier alpha value is -2.46. The molecule has 1 fully saturated rings. The Morgan fingerprint density at radius 3 is 2.36 bits per heavy atom. The Bertz CT molecular complexity index is 1150. The van der Waals surface area contributed by atoms with Crippen LogP contribution in [0.1, 0.15) is 51.0 Å². The van der Waals surface area contributed by atoms with E-state index >= 15 is 0 Å². The molecule has 1 N–H and O–H groups in total. The van der Waals surface area contributed by atoms with Gasteiger partial charge in [0.05, 0.1) is 11.9 Å². The molecule has 0 radical (unpaired) electrons. The number of sulfonamides is 1. The van der Waals surface area contributed by atoms with Crippen LogP contribution in [0.2, 0.25) is 0 Å². The van der Waals surface area contributed by atoms with Gasteiger partial charge in [-0.2, -0.15) is 0 Å². The second-order valence-corrected chi connectivity index (χ2v) is 12.0. The van der Waals surface area contributed by atoms with Crippen molar-refractivity contribution in [2.45, 2.75) is 64.1 Å². The van der Waals surface area contributed by atoms with E-state index in [0.29, 0.717) is 0 Å². The molecule has 0 aliphatic heterocycles. The minimum Gasteiger partial charge on any atom is -0.352 e. The Kier molecular flexibility index (Phi) is 9.90. The lowest BCUT2D eigenvalue weighted by Crippen LogP contribution is -2.49. The van der Waals surface area contributed by atoms with Crippen LogP contribution >= 0.6 is 15.9 Å². The molecule has 0 saturated heterocycles. The molecule has 196 valence electrons. The number of amides is 2. The third-order valence-corrected chi connectivity index (χ3v) is 8.12. The number of carbonyl (C=O) groups is 2. The topological polar surface area (TPSA) is 86.8 Å². The maximum atomic E-state index is 14.3. The summed E-state index contributed by atoms with van der Waals surface area (Å²) < 4.78 is 40.8. The Morgan fingerprint density at radius 2 is 1.75 bits per heavy atom. The van der Waals surface area contributed by atoms with E-state index in [2.05, 4.69) is 21.2 Å². The summed E-state index contributed by atoms with van der Waals surface area (Å²) in [6.45, 7) is 1.90. The molecular formula is C26H33BrFN3O4S. The van der Waals surface area contributed by atoms with Crippen molar-refractivity contribution in [1.29, 1.82) is 0 Å². The normalized spacial score (nSPS) is 14.9. The summed E-state index contributed by atoms with van der Waals surface area (Å²) in [6.07, 6.45) is 5.25. The van der Waals surface area contributed by atoms with Gasteiger partial charge < -0.3 is 10.2 Å². The van der Waals surface area contributed by atoms with E-state index in [1.165, 1.54) is 23.1 Å². The molecule has 1 saturated carbocycles. The van der Waals surface area contributed by atoms with Gasteiger partial charge >= 0.3 is 0 Å². The highest BCUT2D eigenvalue weighted by Gasteiger charge is 2.29. The predicted molar refractivity (Wildman–Crippen MR) is 142 cm³/mol. The van der Waals surface area contributed by atoms with Gasteiger partial charge in [-0.15, -0.1) is 0 Å². The molecule has 10 heteroatoms. The minimum atomic E-state index is -3.75. The molecule has 7 nitrogen and oxygen atoms in total. The van der Waals surface area contributed by atoms with Crippen molar-refractivity contribution in [2.24, 2.45) is 0 Å². The molecule has 0 heterocycles. The molecular weight excluding hydrogens is 549 g/mol. The molecule has 2 aromatic carbocycles. The predicted octanol–water partition coefficient (Wildman–Crippen LogP) is 4.61. The molecule has 1 aliphatic rings. The maximum Gasteiger partial charge on any atom is 0.242 e. The first-order valence-electron chi connectivity index (χ1n) is 12.1. The van der Waals surface area contributed by atoms with Crippen molar-refractivity contribution in [3.05, 3.63) is 64.4 Å². The molecule has 0 aromatic heterocycles. The van der Waals surface area contributed by atoms with Gasteiger partial charge in [0, 0.05) is 30.0 Å². The van der Waals surface area contributed by atoms with Crippen LogP contribution in [-0.4, -0.2) is 50.0 Å². The Balaban J connectivity index is 1.72. The number of hydrogen-bond acceptors (Lipinski definition) is 4. The largest absolute Gasteiger partial charge is 0.352 e. The summed E-state index contributed by atoms with van der Waals surface area (Å²) in [5.41, 5.74) is 0.819. The van der Waals surface area contributed by atoms with Gasteiger partial charge in [0.15, 0.2) is 0 Å². The van der Waals surface area contributed by atoms with E-state index in [9.17, 15) is 22.4 Å². The second-order valence-electron chi connectivity index (χ2n) is 9.20. The number of nitrogens with one attached hydrogen (secondary N) is 1. The van der Waals surface area contributed by atoms with Crippen LogP contribution in [0.15, 0.2) is 53.0 Å². The van der Waals surface area contributed by atoms with Gasteiger partial charge in [-0.3, -0.25) is 13.9 Å². The fourth-order valence-electron chi connectivity index (χ4n) is 4.40. The summed E-state index contributed by atoms with van der Waals surface area (Å²) in [4.78, 5) is 27.8. The lowest BCUT2D eigenvalue weighted by atomic mass is 10.1. The van der Waals surface area contributed by atoms with Crippen LogP contribution in [0.5, 0.6) is 0 Å². The highest BCUT2D eigenvalue weighted by molar-refractivity contribution is 9.10. The zero-order valence-corrected chi connectivity index (χ0v) is 23.0. The van der Waals surface area contributed by atoms with E-state index in [4.69, 9.17) is 0 Å². The highest BCUT2D eigenvalue weighted by atomic mass is 79.9. The number of nitrogens with zero attached hydrogens (tertiary/aromatic N) is 2. The quantitative estimate of drug-likeness (QED) is 0.420. The number of rotatable bonds is 11. The maximum absolute atomic E-state index is 14.3. The molecule has 2 aromatic rings. The fourth-order valence-corrected chi connectivity index (χ4v) is 5.63. The zero-order chi connectivity index (χ0) is 26.3. The molecule has 1 unspecified atom stereocenters. The summed E-state index contributed by atoms with van der Waals surface area (Å²) in [5, 5.41) is 3.06. The van der Waals surface area contributed by atoms with Gasteiger partial charge in [-0.1, -0.05) is 53.0 Å². The van der Waals surface area contributed by atoms with Crippen molar-refractivity contribution in [3.63, 3.8) is 0 Å². The Morgan fingerprint density at radius 1 is 1.11 bits per heavy atom. The van der Waals surface area contributed by atoms with E-state index in [-0.39, 0.29) is 49.5 Å². The molecule has 3 rings (SSSR count). The zero-order valence-electron chi connectivity index (χ0n) is 20.6. The van der Waals surface area contributed by atoms with Gasteiger partial charge in [-0.25, -0.2) is 12.8 Å². The van der Waals surface area contributed by atoms with Crippen LogP contribution in [0.3, 0.4) is 0 Å². The number of carbonyl (C=O) groups excluding carboxylic acids is 2. The first-order valence-corrected chi connectivity index (χ1v) is 14.8.